The second kappa shape index (κ2) is 7.04. The molecule has 1 aliphatic rings. The van der Waals surface area contributed by atoms with E-state index in [9.17, 15) is 12.8 Å². The molecule has 0 spiro atoms. The second-order valence-corrected chi connectivity index (χ2v) is 6.86. The van der Waals surface area contributed by atoms with Crippen molar-refractivity contribution in [2.75, 3.05) is 13.1 Å². The topological polar surface area (TPSA) is 58.2 Å². The summed E-state index contributed by atoms with van der Waals surface area (Å²) in [7, 11) is -3.81. The number of hydrogen-bond acceptors (Lipinski definition) is 3. The molecule has 0 radical (unpaired) electrons. The van der Waals surface area contributed by atoms with E-state index in [0.717, 1.165) is 25.1 Å². The van der Waals surface area contributed by atoms with Gasteiger partial charge in [-0.2, -0.15) is 0 Å². The van der Waals surface area contributed by atoms with Crippen LogP contribution in [0.5, 0.6) is 0 Å². The maximum atomic E-state index is 13.2. The molecule has 2 unspecified atom stereocenters. The largest absolute Gasteiger partial charge is 0.315 e. The third-order valence-corrected chi connectivity index (χ3v) is 5.29. The van der Waals surface area contributed by atoms with Crippen LogP contribution in [0, 0.1) is 11.7 Å². The smallest absolute Gasteiger partial charge is 0.242 e. The summed E-state index contributed by atoms with van der Waals surface area (Å²) < 4.78 is 40.2. The first kappa shape index (κ1) is 17.7. The quantitative estimate of drug-likeness (QED) is 0.885. The van der Waals surface area contributed by atoms with Crippen LogP contribution >= 0.6 is 24.0 Å². The van der Waals surface area contributed by atoms with Gasteiger partial charge < -0.3 is 5.32 Å². The third kappa shape index (κ3) is 4.05. The predicted molar refractivity (Wildman–Crippen MR) is 79.4 cm³/mol. The Labute approximate surface area is 129 Å². The Bertz CT molecular complexity index is 569. The molecule has 0 saturated carbocycles. The molecule has 1 aromatic rings. The van der Waals surface area contributed by atoms with Crippen molar-refractivity contribution in [1.82, 2.24) is 10.0 Å². The zero-order chi connectivity index (χ0) is 14.0. The van der Waals surface area contributed by atoms with Crippen LogP contribution in [0.3, 0.4) is 0 Å². The molecule has 0 bridgehead atoms. The lowest BCUT2D eigenvalue weighted by Gasteiger charge is -2.30. The van der Waals surface area contributed by atoms with Gasteiger partial charge in [-0.1, -0.05) is 18.5 Å². The first-order valence-corrected chi connectivity index (χ1v) is 7.94. The van der Waals surface area contributed by atoms with Crippen LogP contribution < -0.4 is 10.0 Å². The minimum atomic E-state index is -3.81. The maximum absolute atomic E-state index is 13.2. The first-order valence-electron chi connectivity index (χ1n) is 6.08. The van der Waals surface area contributed by atoms with Crippen LogP contribution in [0.4, 0.5) is 4.39 Å². The molecule has 1 heterocycles. The summed E-state index contributed by atoms with van der Waals surface area (Å²) in [5.41, 5.74) is 0. The summed E-state index contributed by atoms with van der Waals surface area (Å²) in [5, 5.41) is 3.15. The number of benzene rings is 1. The van der Waals surface area contributed by atoms with E-state index in [0.29, 0.717) is 6.54 Å². The molecule has 1 aliphatic heterocycles. The average molecular weight is 343 g/mol. The van der Waals surface area contributed by atoms with E-state index in [2.05, 4.69) is 10.0 Å². The lowest BCUT2D eigenvalue weighted by atomic mass is 9.96. The molecule has 4 nitrogen and oxygen atoms in total. The Morgan fingerprint density at radius 1 is 1.45 bits per heavy atom. The van der Waals surface area contributed by atoms with Gasteiger partial charge in [-0.15, -0.1) is 12.4 Å². The van der Waals surface area contributed by atoms with Crippen LogP contribution in [-0.4, -0.2) is 27.5 Å². The summed E-state index contributed by atoms with van der Waals surface area (Å²) in [6, 6.07) is 3.10. The fourth-order valence-electron chi connectivity index (χ4n) is 2.09. The van der Waals surface area contributed by atoms with E-state index < -0.39 is 15.8 Å². The molecule has 2 atom stereocenters. The summed E-state index contributed by atoms with van der Waals surface area (Å²) in [4.78, 5) is -0.216. The lowest BCUT2D eigenvalue weighted by Crippen LogP contribution is -2.50. The Kier molecular flexibility index (Phi) is 6.22. The van der Waals surface area contributed by atoms with Crippen molar-refractivity contribution in [1.29, 1.82) is 0 Å². The number of piperidine rings is 1. The molecule has 1 aromatic carbocycles. The number of sulfonamides is 1. The van der Waals surface area contributed by atoms with Gasteiger partial charge in [-0.25, -0.2) is 17.5 Å². The SMILES string of the molecule is CC1CCNCC1NS(=O)(=O)c1cc(F)ccc1Cl.Cl. The van der Waals surface area contributed by atoms with Gasteiger partial charge in [0.15, 0.2) is 0 Å². The van der Waals surface area contributed by atoms with Gasteiger partial charge in [-0.3, -0.25) is 0 Å². The van der Waals surface area contributed by atoms with Crippen molar-refractivity contribution >= 4 is 34.0 Å². The van der Waals surface area contributed by atoms with Gasteiger partial charge in [0.2, 0.25) is 10.0 Å². The summed E-state index contributed by atoms with van der Waals surface area (Å²) in [5.74, 6) is -0.400. The Hall–Kier alpha value is -0.400. The molecular formula is C12H17Cl2FN2O2S. The molecule has 1 fully saturated rings. The molecule has 1 saturated heterocycles. The lowest BCUT2D eigenvalue weighted by molar-refractivity contribution is 0.327. The fraction of sp³-hybridized carbons (Fsp3) is 0.500. The zero-order valence-corrected chi connectivity index (χ0v) is 13.3. The second-order valence-electron chi connectivity index (χ2n) is 4.77. The molecular weight excluding hydrogens is 326 g/mol. The minimum Gasteiger partial charge on any atom is -0.315 e. The van der Waals surface area contributed by atoms with E-state index in [1.807, 2.05) is 6.92 Å². The monoisotopic (exact) mass is 342 g/mol. The number of halogens is 3. The number of hydrogen-bond donors (Lipinski definition) is 2. The fourth-order valence-corrected chi connectivity index (χ4v) is 3.95. The molecule has 0 aromatic heterocycles. The van der Waals surface area contributed by atoms with Crippen LogP contribution in [0.15, 0.2) is 23.1 Å². The normalized spacial score (nSPS) is 23.1. The van der Waals surface area contributed by atoms with Gasteiger partial charge in [-0.05, 0) is 37.1 Å². The highest BCUT2D eigenvalue weighted by atomic mass is 35.5. The van der Waals surface area contributed by atoms with Crippen molar-refractivity contribution in [3.8, 4) is 0 Å². The Morgan fingerprint density at radius 2 is 2.15 bits per heavy atom. The highest BCUT2D eigenvalue weighted by molar-refractivity contribution is 7.89. The minimum absolute atomic E-state index is 0. The van der Waals surface area contributed by atoms with E-state index in [1.165, 1.54) is 6.07 Å². The highest BCUT2D eigenvalue weighted by Gasteiger charge is 2.28. The Morgan fingerprint density at radius 3 is 2.80 bits per heavy atom. The van der Waals surface area contributed by atoms with Crippen molar-refractivity contribution in [2.45, 2.75) is 24.3 Å². The average Bonchev–Trinajstić information content (AvgIpc) is 2.35. The standard InChI is InChI=1S/C12H16ClFN2O2S.ClH/c1-8-4-5-15-7-11(8)16-19(17,18)12-6-9(14)2-3-10(12)13;/h2-3,6,8,11,15-16H,4-5,7H2,1H3;1H. The van der Waals surface area contributed by atoms with Crippen molar-refractivity contribution in [3.05, 3.63) is 29.0 Å². The summed E-state index contributed by atoms with van der Waals surface area (Å²) >= 11 is 5.83. The van der Waals surface area contributed by atoms with Crippen LogP contribution in [-0.2, 0) is 10.0 Å². The summed E-state index contributed by atoms with van der Waals surface area (Å²) in [6.45, 7) is 3.43. The highest BCUT2D eigenvalue weighted by Crippen LogP contribution is 2.23. The van der Waals surface area contributed by atoms with Gasteiger partial charge in [0.1, 0.15) is 10.7 Å². The van der Waals surface area contributed by atoms with Crippen molar-refractivity contribution < 1.29 is 12.8 Å². The molecule has 8 heteroatoms. The van der Waals surface area contributed by atoms with Crippen LogP contribution in [0.2, 0.25) is 5.02 Å². The van der Waals surface area contributed by atoms with Crippen LogP contribution in [0.25, 0.3) is 0 Å². The zero-order valence-electron chi connectivity index (χ0n) is 10.9. The summed E-state index contributed by atoms with van der Waals surface area (Å²) in [6.07, 6.45) is 0.893. The van der Waals surface area contributed by atoms with E-state index >= 15 is 0 Å². The number of nitrogens with one attached hydrogen (secondary N) is 2. The maximum Gasteiger partial charge on any atom is 0.242 e. The Balaban J connectivity index is 0.00000200. The molecule has 0 amide bonds. The first-order chi connectivity index (χ1) is 8.90. The van der Waals surface area contributed by atoms with Crippen molar-refractivity contribution in [3.63, 3.8) is 0 Å². The number of rotatable bonds is 3. The van der Waals surface area contributed by atoms with Crippen molar-refractivity contribution in [2.24, 2.45) is 5.92 Å². The molecule has 2 N–H and O–H groups in total. The molecule has 2 rings (SSSR count). The van der Waals surface area contributed by atoms with E-state index in [-0.39, 0.29) is 34.3 Å². The van der Waals surface area contributed by atoms with Gasteiger partial charge in [0, 0.05) is 12.6 Å². The molecule has 0 aliphatic carbocycles. The van der Waals surface area contributed by atoms with Gasteiger partial charge in [0.05, 0.1) is 5.02 Å². The molecule has 20 heavy (non-hydrogen) atoms. The van der Waals surface area contributed by atoms with Gasteiger partial charge >= 0.3 is 0 Å². The van der Waals surface area contributed by atoms with Gasteiger partial charge in [0.25, 0.3) is 0 Å². The van der Waals surface area contributed by atoms with E-state index in [4.69, 9.17) is 11.6 Å². The predicted octanol–water partition coefficient (Wildman–Crippen LogP) is 2.18. The van der Waals surface area contributed by atoms with E-state index in [1.54, 1.807) is 0 Å². The van der Waals surface area contributed by atoms with Crippen LogP contribution in [0.1, 0.15) is 13.3 Å². The molecule has 114 valence electrons. The third-order valence-electron chi connectivity index (χ3n) is 3.32.